The minimum atomic E-state index is -5.32. The Labute approximate surface area is 640 Å². The zero-order valence-corrected chi connectivity index (χ0v) is 64.8. The van der Waals surface area contributed by atoms with E-state index in [2.05, 4.69) is 32.2 Å². The maximum absolute atomic E-state index is 14.4. The fourth-order valence-corrected chi connectivity index (χ4v) is 18.5. The fourth-order valence-electron chi connectivity index (χ4n) is 17.3. The van der Waals surface area contributed by atoms with Crippen LogP contribution in [0.5, 0.6) is 0 Å². The van der Waals surface area contributed by atoms with Crippen molar-refractivity contribution in [2.24, 2.45) is 94.7 Å². The Morgan fingerprint density at radius 1 is 0.734 bits per heavy atom. The fraction of sp³-hybridized carbons (Fsp3) is 0.597. The van der Waals surface area contributed by atoms with Gasteiger partial charge in [-0.1, -0.05) is 40.7 Å². The molecule has 7 aliphatic heterocycles. The molecule has 10 heterocycles. The Balaban J connectivity index is 0.000000623. The molecule has 3 fully saturated rings. The van der Waals surface area contributed by atoms with Gasteiger partial charge in [0.05, 0.1) is 53.7 Å². The number of nitrogens with one attached hydrogen (secondary N) is 1. The monoisotopic (exact) mass is 1580 g/mol. The van der Waals surface area contributed by atoms with E-state index in [1.54, 1.807) is 6.92 Å². The number of allylic oxidation sites excluding steroid dienone is 6. The normalized spacial score (nSPS) is 33.6. The Morgan fingerprint density at radius 2 is 1.34 bits per heavy atom. The number of benzene rings is 1. The van der Waals surface area contributed by atoms with Crippen LogP contribution in [0.15, 0.2) is 80.4 Å². The molecule has 0 saturated carbocycles. The molecular formula is C72H100CoN18O17P. The Bertz CT molecular complexity index is 4520. The number of imidazole rings is 2. The molecule has 109 heavy (non-hydrogen) atoms. The third-order valence-corrected chi connectivity index (χ3v) is 24.6. The van der Waals surface area contributed by atoms with Crippen molar-refractivity contribution in [1.82, 2.24) is 34.4 Å². The van der Waals surface area contributed by atoms with Gasteiger partial charge in [-0.2, -0.15) is 5.70 Å². The number of hydrogen-bond acceptors (Lipinski definition) is 25. The van der Waals surface area contributed by atoms with Gasteiger partial charge in [0.15, 0.2) is 23.9 Å². The van der Waals surface area contributed by atoms with Gasteiger partial charge in [-0.3, -0.25) is 57.7 Å². The second-order valence-electron chi connectivity index (χ2n) is 31.1. The van der Waals surface area contributed by atoms with Gasteiger partial charge in [-0.15, -0.1) is 0 Å². The van der Waals surface area contributed by atoms with Crippen LogP contribution < -0.4 is 50.3 Å². The van der Waals surface area contributed by atoms with Crippen LogP contribution in [0, 0.1) is 66.1 Å². The molecule has 3 saturated heterocycles. The van der Waals surface area contributed by atoms with Gasteiger partial charge in [-0.25, -0.2) is 19.9 Å². The first-order valence-electron chi connectivity index (χ1n) is 35.9. The summed E-state index contributed by atoms with van der Waals surface area (Å²) in [6.07, 6.45) is -5.69. The third-order valence-electron chi connectivity index (χ3n) is 23.5. The van der Waals surface area contributed by atoms with Gasteiger partial charge in [-0.05, 0) is 125 Å². The first-order valence-corrected chi connectivity index (χ1v) is 37.3. The number of ether oxygens (including phenoxy) is 2. The molecule has 7 amide bonds. The summed E-state index contributed by atoms with van der Waals surface area (Å²) in [5.74, 6) is -7.16. The van der Waals surface area contributed by atoms with E-state index in [4.69, 9.17) is 79.0 Å². The number of amides is 7. The molecule has 4 aromatic rings. The van der Waals surface area contributed by atoms with Crippen LogP contribution in [0.4, 0.5) is 5.82 Å². The molecule has 3 aromatic heterocycles. The molecule has 0 aliphatic carbocycles. The molecule has 7 aliphatic rings. The number of phosphoric acid groups is 1. The Morgan fingerprint density at radius 3 is 1.94 bits per heavy atom. The minimum absolute atomic E-state index is 0. The SMILES string of the molecule is C/C1=C2/[N-]C([C@H](CC(N)=O)[C@@]2(C)CCC(=O)NCC(C)OP(=O)([O-])OC2C(O)[C@@H](n3cnc4cc(C)c(C)cc43)O[C@H]2CO)[C@]2(C)N=C(/C(C)=C3N=C(/C=C4N=C1[C@@H](CCC(N)=O)C\4(C)C)[C@@H](CCC(N)=O)[C@]\3(C)CC(N)=O)[C@@H](CCC(N)=O)[C@]2(C)CC(N)=O.[CH2-][C@H]1O[C@@H](n2cnc3c(N)ncnc32)[C@H](O)[C@@H]1O.[Co+3]. The number of aliphatic hydroxyl groups excluding tert-OH is 4. The number of rotatable bonds is 27. The number of aryl methyl sites for hydroxylation is 2. The zero-order chi connectivity index (χ0) is 79.6. The number of anilines is 1. The van der Waals surface area contributed by atoms with Crippen LogP contribution in [0.3, 0.4) is 0 Å². The Hall–Kier alpha value is -8.26. The van der Waals surface area contributed by atoms with Crippen LogP contribution in [0.1, 0.15) is 157 Å². The van der Waals surface area contributed by atoms with E-state index < -0.39 is 168 Å². The van der Waals surface area contributed by atoms with Crippen LogP contribution in [0.2, 0.25) is 0 Å². The summed E-state index contributed by atoms with van der Waals surface area (Å²) in [7, 11) is -5.32. The number of carbonyl (C=O) groups is 7. The number of carbonyl (C=O) groups excluding carboxylic acids is 7. The number of phosphoric ester groups is 1. The molecule has 11 rings (SSSR count). The first-order chi connectivity index (χ1) is 50.4. The smallest absolute Gasteiger partial charge is 0.756 e. The Kier molecular flexibility index (Phi) is 25.0. The van der Waals surface area contributed by atoms with Gasteiger partial charge in [0.25, 0.3) is 7.82 Å². The second-order valence-corrected chi connectivity index (χ2v) is 32.4. The zero-order valence-electron chi connectivity index (χ0n) is 62.8. The van der Waals surface area contributed by atoms with Gasteiger partial charge in [0.1, 0.15) is 36.3 Å². The molecule has 0 spiro atoms. The van der Waals surface area contributed by atoms with Gasteiger partial charge in [0.2, 0.25) is 41.4 Å². The van der Waals surface area contributed by atoms with Gasteiger partial charge in [0, 0.05) is 108 Å². The van der Waals surface area contributed by atoms with E-state index >= 15 is 0 Å². The standard InChI is InChI=1S/C62H90N13O14P.C10H12N5O3.Co/c1-29-20-39-40(21-30(29)2)75(28-70-39)57-52(84)53(41(27-76)87-57)89-90(85,86)88-31(3)26-69-49(83)18-19-59(8)37(22-46(66)80)56-62(11)61(10,25-48(68)82)36(14-17-45(65)79)51(74-62)33(5)55-60(9,24-47(67)81)34(12-15-43(63)77)38(71-55)23-42-58(6,7)35(13-16-44(64)78)50(72-42)32(4)54(59)73-56;1-4-6(16)7(17)10(18-4)15-3-14-5-8(11)12-2-13-9(5)15;/h20-21,23,28,31,34-37,41,52-53,56-57,76,84H,12-19,22,24-27H2,1-11H3,(H15,63,64,65,66,67,68,69,71,72,73,74,77,78,79,80,81,82,83,85,86);2-4,6-7,10,16-17H,1H2,(H2,11,12,13);/q;-1;+3/p-2/t31?,34-,35-,36-,37+,41+,52?,53?,56?,57+,59-,60+,61+,62+;4-,6-,7-,10-;/m11./s1. The van der Waals surface area contributed by atoms with Gasteiger partial charge >= 0.3 is 16.8 Å². The number of hydrogen-bond donors (Lipinski definition) is 12. The van der Waals surface area contributed by atoms with Crippen molar-refractivity contribution in [3.05, 3.63) is 88.8 Å². The quantitative estimate of drug-likeness (QED) is 0.0301. The molecule has 1 aromatic carbocycles. The molecule has 8 bridgehead atoms. The average molecular weight is 1580 g/mol. The van der Waals surface area contributed by atoms with Crippen LogP contribution in [0.25, 0.3) is 27.5 Å². The largest absolute Gasteiger partial charge is 3.00 e. The van der Waals surface area contributed by atoms with Crippen LogP contribution >= 0.6 is 7.82 Å². The van der Waals surface area contributed by atoms with Crippen molar-refractivity contribution >= 4 is 94.3 Å². The van der Waals surface area contributed by atoms with E-state index in [9.17, 15) is 63.4 Å². The summed E-state index contributed by atoms with van der Waals surface area (Å²) >= 11 is 0. The molecule has 5 unspecified atom stereocenters. The van der Waals surface area contributed by atoms with Gasteiger partial charge < -0.3 is 106 Å². The molecule has 594 valence electrons. The third kappa shape index (κ3) is 16.3. The summed E-state index contributed by atoms with van der Waals surface area (Å²) in [6.45, 7) is 22.6. The van der Waals surface area contributed by atoms with Crippen molar-refractivity contribution < 1.29 is 98.7 Å². The molecular weight excluding hydrogens is 1480 g/mol. The summed E-state index contributed by atoms with van der Waals surface area (Å²) in [5.41, 5.74) is 43.2. The summed E-state index contributed by atoms with van der Waals surface area (Å²) < 4.78 is 38.8. The molecule has 35 nitrogen and oxygen atoms in total. The maximum atomic E-state index is 14.4. The number of primary amides is 6. The maximum Gasteiger partial charge on any atom is 3.00 e. The second kappa shape index (κ2) is 32.2. The number of aliphatic imine (C=N–C) groups is 3. The van der Waals surface area contributed by atoms with E-state index in [-0.39, 0.29) is 99.8 Å². The summed E-state index contributed by atoms with van der Waals surface area (Å²) in [6, 6.07) is 2.65. The number of nitrogens with zero attached hydrogens (tertiary/aromatic N) is 10. The van der Waals surface area contributed by atoms with Crippen molar-refractivity contribution in [2.75, 3.05) is 18.9 Å². The summed E-state index contributed by atoms with van der Waals surface area (Å²) in [5, 5.41) is 49.6. The molecule has 19 N–H and O–H groups in total. The van der Waals surface area contributed by atoms with E-state index in [1.807, 2.05) is 80.5 Å². The van der Waals surface area contributed by atoms with E-state index in [1.165, 1.54) is 35.0 Å². The minimum Gasteiger partial charge on any atom is -0.756 e. The van der Waals surface area contributed by atoms with Crippen molar-refractivity contribution in [1.29, 1.82) is 0 Å². The van der Waals surface area contributed by atoms with Crippen molar-refractivity contribution in [2.45, 2.75) is 214 Å². The van der Waals surface area contributed by atoms with E-state index in [0.29, 0.717) is 67.6 Å². The van der Waals surface area contributed by atoms with Crippen molar-refractivity contribution in [3.63, 3.8) is 0 Å². The molecule has 0 radical (unpaired) electrons. The van der Waals surface area contributed by atoms with Crippen LogP contribution in [-0.4, -0.2) is 175 Å². The predicted molar refractivity (Wildman–Crippen MR) is 393 cm³/mol. The molecule has 19 atom stereocenters. The topological polar surface area (TPSA) is 584 Å². The number of nitrogen functional groups attached to an aromatic ring is 1. The van der Waals surface area contributed by atoms with Crippen LogP contribution in [-0.2, 0) is 73.4 Å². The summed E-state index contributed by atoms with van der Waals surface area (Å²) in [4.78, 5) is 140. The number of fused-ring (bicyclic) bond motifs is 8. The van der Waals surface area contributed by atoms with E-state index in [0.717, 1.165) is 11.1 Å². The average Bonchev–Trinajstić information content (AvgIpc) is 1.53. The predicted octanol–water partition coefficient (Wildman–Crippen LogP) is 2.17. The first kappa shape index (κ1) is 84.8. The number of aromatic nitrogens is 6. The number of aliphatic hydroxyl groups is 4. The number of nitrogens with two attached hydrogens (primary N) is 7. The van der Waals surface area contributed by atoms with Crippen molar-refractivity contribution in [3.8, 4) is 0 Å². The molecule has 37 heteroatoms.